The fraction of sp³-hybridized carbons (Fsp3) is 0.429. The number of ether oxygens (including phenoxy) is 1. The molecule has 1 aliphatic heterocycles. The zero-order valence-electron chi connectivity index (χ0n) is 22.1. The Labute approximate surface area is 232 Å². The van der Waals surface area contributed by atoms with E-state index in [2.05, 4.69) is 10.6 Å². The van der Waals surface area contributed by atoms with Crippen LogP contribution in [0, 0.1) is 5.82 Å². The number of carbonyl (C=O) groups is 4. The fourth-order valence-corrected chi connectivity index (χ4v) is 5.27. The van der Waals surface area contributed by atoms with Crippen LogP contribution in [0.2, 0.25) is 0 Å². The summed E-state index contributed by atoms with van der Waals surface area (Å²) in [6.45, 7) is -0.690. The first-order valence-corrected chi connectivity index (χ1v) is 13.2. The van der Waals surface area contributed by atoms with Crippen LogP contribution in [-0.4, -0.2) is 58.5 Å². The topological polar surface area (TPSA) is 108 Å². The van der Waals surface area contributed by atoms with Gasteiger partial charge in [0.05, 0.1) is 0 Å². The average molecular weight is 577 g/mol. The molecule has 5 rings (SSSR count). The molecule has 1 heterocycles. The third-order valence-electron chi connectivity index (χ3n) is 7.88. The van der Waals surface area contributed by atoms with Gasteiger partial charge < -0.3 is 20.3 Å². The molecule has 0 aromatic heterocycles. The first-order valence-electron chi connectivity index (χ1n) is 13.2. The molecule has 218 valence electrons. The molecule has 9 nitrogen and oxygen atoms in total. The van der Waals surface area contributed by atoms with Gasteiger partial charge in [-0.25, -0.2) is 18.9 Å². The van der Waals surface area contributed by atoms with Crippen molar-refractivity contribution in [2.75, 3.05) is 11.9 Å². The predicted molar refractivity (Wildman–Crippen MR) is 137 cm³/mol. The van der Waals surface area contributed by atoms with E-state index in [0.717, 1.165) is 38.3 Å². The van der Waals surface area contributed by atoms with E-state index in [1.807, 2.05) is 0 Å². The molecule has 2 aromatic carbocycles. The molecule has 13 heteroatoms. The highest BCUT2D eigenvalue weighted by Gasteiger charge is 2.58. The highest BCUT2D eigenvalue weighted by atomic mass is 19.4. The second kappa shape index (κ2) is 10.7. The van der Waals surface area contributed by atoms with Crippen molar-refractivity contribution in [2.45, 2.75) is 69.4 Å². The molecule has 0 bridgehead atoms. The van der Waals surface area contributed by atoms with Crippen molar-refractivity contribution < 1.29 is 41.5 Å². The van der Waals surface area contributed by atoms with Gasteiger partial charge >= 0.3 is 18.3 Å². The molecule has 0 radical (unpaired) electrons. The summed E-state index contributed by atoms with van der Waals surface area (Å²) in [5.74, 6) is -2.57. The number of nitrogens with one attached hydrogen (secondary N) is 2. The molecule has 1 spiro atoms. The van der Waals surface area contributed by atoms with Gasteiger partial charge in [0.25, 0.3) is 5.91 Å². The van der Waals surface area contributed by atoms with Crippen LogP contribution in [0.1, 0.15) is 49.3 Å². The maximum atomic E-state index is 13.6. The molecule has 2 aliphatic carbocycles. The number of alkyl halides is 3. The van der Waals surface area contributed by atoms with Gasteiger partial charge in [0.15, 0.2) is 0 Å². The number of hydrogen-bond acceptors (Lipinski definition) is 5. The Bertz CT molecular complexity index is 1380. The van der Waals surface area contributed by atoms with Gasteiger partial charge in [-0.15, -0.1) is 0 Å². The first-order chi connectivity index (χ1) is 19.4. The molecule has 2 fully saturated rings. The summed E-state index contributed by atoms with van der Waals surface area (Å²) in [4.78, 5) is 52.7. The minimum atomic E-state index is -4.79. The number of hydrogen-bond donors (Lipinski definition) is 2. The maximum Gasteiger partial charge on any atom is 0.418 e. The summed E-state index contributed by atoms with van der Waals surface area (Å²) in [6.07, 6.45) is -2.62. The van der Waals surface area contributed by atoms with E-state index < -0.39 is 54.6 Å². The zero-order chi connectivity index (χ0) is 29.5. The number of imide groups is 1. The van der Waals surface area contributed by atoms with E-state index in [4.69, 9.17) is 4.74 Å². The minimum absolute atomic E-state index is 0.0770. The highest BCUT2D eigenvalue weighted by Crippen LogP contribution is 2.46. The third-order valence-corrected chi connectivity index (χ3v) is 7.88. The summed E-state index contributed by atoms with van der Waals surface area (Å²) in [7, 11) is 0. The standard InChI is InChI=1S/C28H28F4N4O5/c1-16(28(30,31)32)35(14-17-5-7-19(29)8-6-17)23(37)15-36-24(38)27(41-26(36)40)12-11-18-13-21(9-10-22(18)27)34-25(39)33-20-3-2-4-20/h5-10,13,16,20H,2-4,11-12,14-15H2,1H3,(H2,33,34,39)/t16-,27+/m0/s1. The van der Waals surface area contributed by atoms with E-state index in [9.17, 15) is 36.7 Å². The molecule has 2 aromatic rings. The quantitative estimate of drug-likeness (QED) is 0.469. The largest absolute Gasteiger partial charge is 0.427 e. The third kappa shape index (κ3) is 5.57. The minimum Gasteiger partial charge on any atom is -0.427 e. The highest BCUT2D eigenvalue weighted by molar-refractivity contribution is 6.06. The lowest BCUT2D eigenvalue weighted by Gasteiger charge is -2.31. The van der Waals surface area contributed by atoms with Crippen molar-refractivity contribution in [3.05, 3.63) is 65.0 Å². The Hall–Kier alpha value is -4.16. The van der Waals surface area contributed by atoms with Gasteiger partial charge in [-0.05, 0) is 68.0 Å². The number of rotatable bonds is 7. The van der Waals surface area contributed by atoms with Crippen LogP contribution < -0.4 is 10.6 Å². The summed E-state index contributed by atoms with van der Waals surface area (Å²) in [6, 6.07) is 6.95. The van der Waals surface area contributed by atoms with Crippen molar-refractivity contribution in [1.29, 1.82) is 0 Å². The molecule has 1 saturated carbocycles. The van der Waals surface area contributed by atoms with Gasteiger partial charge in [-0.3, -0.25) is 9.59 Å². The van der Waals surface area contributed by atoms with Crippen molar-refractivity contribution in [3.8, 4) is 0 Å². The average Bonchev–Trinajstić information content (AvgIpc) is 3.36. The molecule has 41 heavy (non-hydrogen) atoms. The number of carbonyl (C=O) groups excluding carboxylic acids is 4. The van der Waals surface area contributed by atoms with E-state index in [1.165, 1.54) is 12.1 Å². The van der Waals surface area contributed by atoms with Crippen LogP contribution in [0.25, 0.3) is 0 Å². The molecular formula is C28H28F4N4O5. The molecule has 0 unspecified atom stereocenters. The SMILES string of the molecule is C[C@H](N(Cc1ccc(F)cc1)C(=O)CN1C(=O)O[C@@]2(CCc3cc(NC(=O)NC4CCC4)ccc32)C1=O)C(F)(F)F. The fourth-order valence-electron chi connectivity index (χ4n) is 5.27. The molecule has 5 amide bonds. The predicted octanol–water partition coefficient (Wildman–Crippen LogP) is 4.60. The smallest absolute Gasteiger partial charge is 0.418 e. The molecule has 2 N–H and O–H groups in total. The second-order valence-electron chi connectivity index (χ2n) is 10.6. The van der Waals surface area contributed by atoms with Gasteiger partial charge in [-0.1, -0.05) is 18.2 Å². The van der Waals surface area contributed by atoms with E-state index in [0.29, 0.717) is 33.0 Å². The zero-order valence-corrected chi connectivity index (χ0v) is 22.1. The molecule has 3 aliphatic rings. The lowest BCUT2D eigenvalue weighted by Crippen LogP contribution is -2.51. The van der Waals surface area contributed by atoms with Crippen molar-refractivity contribution in [2.24, 2.45) is 0 Å². The van der Waals surface area contributed by atoms with Crippen molar-refractivity contribution in [3.63, 3.8) is 0 Å². The van der Waals surface area contributed by atoms with Crippen molar-refractivity contribution in [1.82, 2.24) is 15.1 Å². The lowest BCUT2D eigenvalue weighted by molar-refractivity contribution is -0.187. The van der Waals surface area contributed by atoms with Crippen molar-refractivity contribution >= 4 is 29.6 Å². The van der Waals surface area contributed by atoms with Gasteiger partial charge in [0, 0.05) is 30.3 Å². The Kier molecular flexibility index (Phi) is 7.39. The van der Waals surface area contributed by atoms with Gasteiger partial charge in [0.1, 0.15) is 18.4 Å². The van der Waals surface area contributed by atoms with Crippen LogP contribution in [0.3, 0.4) is 0 Å². The second-order valence-corrected chi connectivity index (χ2v) is 10.6. The van der Waals surface area contributed by atoms with E-state index in [-0.39, 0.29) is 24.1 Å². The summed E-state index contributed by atoms with van der Waals surface area (Å²) < 4.78 is 59.7. The molecular weight excluding hydrogens is 548 g/mol. The molecule has 2 atom stereocenters. The number of aryl methyl sites for hydroxylation is 1. The van der Waals surface area contributed by atoms with Crippen LogP contribution in [-0.2, 0) is 32.9 Å². The van der Waals surface area contributed by atoms with Crippen LogP contribution >= 0.6 is 0 Å². The van der Waals surface area contributed by atoms with Crippen LogP contribution in [0.5, 0.6) is 0 Å². The molecule has 1 saturated heterocycles. The number of amides is 5. The van der Waals surface area contributed by atoms with Gasteiger partial charge in [-0.2, -0.15) is 13.2 Å². The van der Waals surface area contributed by atoms with E-state index >= 15 is 0 Å². The number of fused-ring (bicyclic) bond motifs is 2. The number of urea groups is 1. The first kappa shape index (κ1) is 28.4. The Morgan fingerprint density at radius 2 is 1.85 bits per heavy atom. The Morgan fingerprint density at radius 1 is 1.15 bits per heavy atom. The monoisotopic (exact) mass is 576 g/mol. The van der Waals surface area contributed by atoms with Gasteiger partial charge in [0.2, 0.25) is 11.5 Å². The number of halogens is 4. The lowest BCUT2D eigenvalue weighted by atomic mass is 9.93. The summed E-state index contributed by atoms with van der Waals surface area (Å²) in [5.41, 5.74) is 0.0562. The number of anilines is 1. The van der Waals surface area contributed by atoms with E-state index in [1.54, 1.807) is 18.2 Å². The summed E-state index contributed by atoms with van der Waals surface area (Å²) in [5, 5.41) is 5.61. The summed E-state index contributed by atoms with van der Waals surface area (Å²) >= 11 is 0. The Balaban J connectivity index is 1.32. The number of nitrogens with zero attached hydrogens (tertiary/aromatic N) is 2. The van der Waals surface area contributed by atoms with Crippen LogP contribution in [0.15, 0.2) is 42.5 Å². The number of benzene rings is 2. The van der Waals surface area contributed by atoms with Crippen LogP contribution in [0.4, 0.5) is 32.8 Å². The maximum absolute atomic E-state index is 13.6. The Morgan fingerprint density at radius 3 is 2.49 bits per heavy atom. The normalized spacial score (nSPS) is 20.9.